The van der Waals surface area contributed by atoms with Crippen molar-refractivity contribution in [2.45, 2.75) is 97.9 Å². The second-order valence-electron chi connectivity index (χ2n) is 8.63. The van der Waals surface area contributed by atoms with Crippen molar-refractivity contribution >= 4 is 18.8 Å². The van der Waals surface area contributed by atoms with Gasteiger partial charge in [0.25, 0.3) is 0 Å². The van der Waals surface area contributed by atoms with Crippen LogP contribution in [0.25, 0.3) is 0 Å². The van der Waals surface area contributed by atoms with Crippen LogP contribution in [0.15, 0.2) is 4.99 Å². The molecule has 0 aliphatic carbocycles. The van der Waals surface area contributed by atoms with Crippen LogP contribution >= 0.6 is 6.83 Å². The van der Waals surface area contributed by atoms with E-state index in [1.54, 1.807) is 0 Å². The average molecular weight is 433 g/mol. The molecule has 1 atom stereocenters. The van der Waals surface area contributed by atoms with Crippen molar-refractivity contribution in [3.63, 3.8) is 0 Å². The standard InChI is InChI=1S/C22H49N4O2P/c1-5-9-16-29(17-10-6-2,18-11-7-3,19-12-8-4)28-21(27)20(23)14-13-15-26-22(24)25/h20H,5-19,23H2,1-4H3,(H4,24,25,26)/t20-/m0/s1. The number of rotatable bonds is 18. The first-order valence-electron chi connectivity index (χ1n) is 11.8. The van der Waals surface area contributed by atoms with Gasteiger partial charge in [0.1, 0.15) is 0 Å². The quantitative estimate of drug-likeness (QED) is 0.127. The molecule has 7 heteroatoms. The number of hydrogen-bond acceptors (Lipinski definition) is 4. The molecular weight excluding hydrogens is 383 g/mol. The normalized spacial score (nSPS) is 14.0. The van der Waals surface area contributed by atoms with Crippen LogP contribution in [0, 0.1) is 0 Å². The van der Waals surface area contributed by atoms with Gasteiger partial charge in [-0.25, -0.2) is 0 Å². The maximum absolute atomic E-state index is 13.1. The second kappa shape index (κ2) is 15.0. The first kappa shape index (κ1) is 28.1. The van der Waals surface area contributed by atoms with Crippen LogP contribution in [0.5, 0.6) is 0 Å². The summed E-state index contributed by atoms with van der Waals surface area (Å²) < 4.78 is 6.66. The van der Waals surface area contributed by atoms with Crippen molar-refractivity contribution in [3.8, 4) is 0 Å². The van der Waals surface area contributed by atoms with E-state index in [1.165, 1.54) is 0 Å². The minimum atomic E-state index is -2.62. The summed E-state index contributed by atoms with van der Waals surface area (Å²) in [6.07, 6.45) is 14.5. The van der Waals surface area contributed by atoms with Crippen LogP contribution < -0.4 is 17.2 Å². The summed E-state index contributed by atoms with van der Waals surface area (Å²) >= 11 is 0. The Hall–Kier alpha value is -0.870. The Bertz CT molecular complexity index is 438. The number of unbranched alkanes of at least 4 members (excludes halogenated alkanes) is 4. The molecule has 0 spiro atoms. The zero-order chi connectivity index (χ0) is 22.2. The molecule has 0 aromatic rings. The van der Waals surface area contributed by atoms with Gasteiger partial charge in [-0.1, -0.05) is 0 Å². The van der Waals surface area contributed by atoms with Gasteiger partial charge in [0, 0.05) is 0 Å². The number of carbonyl (C=O) groups is 1. The van der Waals surface area contributed by atoms with E-state index in [-0.39, 0.29) is 11.9 Å². The summed E-state index contributed by atoms with van der Waals surface area (Å²) in [6, 6.07) is -0.600. The molecule has 174 valence electrons. The topological polar surface area (TPSA) is 117 Å². The Morgan fingerprint density at radius 1 is 0.828 bits per heavy atom. The SMILES string of the molecule is CCCCP(CCCC)(CCCC)(CCCC)OC(=O)[C@@H](N)CCCN=C(N)N. The molecule has 0 saturated heterocycles. The monoisotopic (exact) mass is 432 g/mol. The minimum absolute atomic E-state index is 0.0735. The van der Waals surface area contributed by atoms with Gasteiger partial charge in [-0.15, -0.1) is 0 Å². The third-order valence-corrected chi connectivity index (χ3v) is 12.4. The summed E-state index contributed by atoms with van der Waals surface area (Å²) in [5.41, 5.74) is 17.0. The Morgan fingerprint density at radius 2 is 1.24 bits per heavy atom. The molecule has 0 bridgehead atoms. The van der Waals surface area contributed by atoms with E-state index in [2.05, 4.69) is 32.7 Å². The molecule has 0 amide bonds. The van der Waals surface area contributed by atoms with Gasteiger partial charge < -0.3 is 0 Å². The van der Waals surface area contributed by atoms with Crippen LogP contribution in [-0.2, 0) is 9.32 Å². The van der Waals surface area contributed by atoms with Crippen LogP contribution in [0.3, 0.4) is 0 Å². The van der Waals surface area contributed by atoms with Gasteiger partial charge in [-0.3, -0.25) is 0 Å². The van der Waals surface area contributed by atoms with E-state index in [9.17, 15) is 4.79 Å². The summed E-state index contributed by atoms with van der Waals surface area (Å²) in [5.74, 6) is -0.129. The average Bonchev–Trinajstić information content (AvgIpc) is 2.71. The first-order valence-corrected chi connectivity index (χ1v) is 14.7. The molecule has 0 rings (SSSR count). The van der Waals surface area contributed by atoms with Crippen molar-refractivity contribution in [3.05, 3.63) is 0 Å². The predicted molar refractivity (Wildman–Crippen MR) is 130 cm³/mol. The fraction of sp³-hybridized carbons (Fsp3) is 0.909. The number of aliphatic imine (C=N–C) groups is 1. The van der Waals surface area contributed by atoms with Gasteiger partial charge in [0.15, 0.2) is 0 Å². The molecule has 0 heterocycles. The van der Waals surface area contributed by atoms with Crippen molar-refractivity contribution < 1.29 is 9.32 Å². The summed E-state index contributed by atoms with van der Waals surface area (Å²) in [4.78, 5) is 17.1. The molecule has 0 saturated carbocycles. The van der Waals surface area contributed by atoms with E-state index >= 15 is 0 Å². The maximum atomic E-state index is 13.1. The van der Waals surface area contributed by atoms with E-state index < -0.39 is 12.9 Å². The Labute approximate surface area is 179 Å². The van der Waals surface area contributed by atoms with Gasteiger partial charge in [0.2, 0.25) is 0 Å². The molecule has 6 nitrogen and oxygen atoms in total. The van der Waals surface area contributed by atoms with Gasteiger partial charge in [-0.2, -0.15) is 0 Å². The molecule has 0 fully saturated rings. The third-order valence-electron chi connectivity index (χ3n) is 5.93. The molecule has 0 aliphatic rings. The Morgan fingerprint density at radius 3 is 1.59 bits per heavy atom. The number of carbonyl (C=O) groups excluding carboxylic acids is 1. The first-order chi connectivity index (χ1) is 13.8. The van der Waals surface area contributed by atoms with E-state index in [4.69, 9.17) is 21.7 Å². The van der Waals surface area contributed by atoms with E-state index in [1.807, 2.05) is 0 Å². The number of guanidine groups is 1. The van der Waals surface area contributed by atoms with Crippen molar-refractivity contribution in [1.29, 1.82) is 0 Å². The molecule has 6 N–H and O–H groups in total. The molecule has 0 aromatic carbocycles. The summed E-state index contributed by atoms with van der Waals surface area (Å²) in [6.45, 7) is 6.77. The molecule has 29 heavy (non-hydrogen) atoms. The van der Waals surface area contributed by atoms with Gasteiger partial charge >= 0.3 is 179 Å². The Balaban J connectivity index is 5.58. The van der Waals surface area contributed by atoms with E-state index in [0.717, 1.165) is 76.0 Å². The molecule has 0 aliphatic heterocycles. The molecule has 0 radical (unpaired) electrons. The summed E-state index contributed by atoms with van der Waals surface area (Å²) in [7, 11) is 0. The van der Waals surface area contributed by atoms with Gasteiger partial charge in [-0.05, 0) is 0 Å². The molecule has 0 aromatic heterocycles. The van der Waals surface area contributed by atoms with Crippen LogP contribution in [0.2, 0.25) is 0 Å². The van der Waals surface area contributed by atoms with Crippen molar-refractivity contribution in [1.82, 2.24) is 0 Å². The van der Waals surface area contributed by atoms with Crippen molar-refractivity contribution in [2.24, 2.45) is 22.2 Å². The van der Waals surface area contributed by atoms with E-state index in [0.29, 0.717) is 19.4 Å². The van der Waals surface area contributed by atoms with Crippen LogP contribution in [0.1, 0.15) is 91.9 Å². The summed E-state index contributed by atoms with van der Waals surface area (Å²) in [5, 5.41) is 0. The molecular formula is C22H49N4O2P. The number of hydrogen-bond donors (Lipinski definition) is 3. The van der Waals surface area contributed by atoms with Gasteiger partial charge in [0.05, 0.1) is 0 Å². The number of nitrogens with two attached hydrogens (primary N) is 3. The van der Waals surface area contributed by atoms with Crippen LogP contribution in [-0.4, -0.2) is 49.2 Å². The second-order valence-corrected chi connectivity index (χ2v) is 14.3. The predicted octanol–water partition coefficient (Wildman–Crippen LogP) is 4.58. The Kier molecular flexibility index (Phi) is 14.6. The number of nitrogens with zero attached hydrogens (tertiary/aromatic N) is 1. The fourth-order valence-corrected chi connectivity index (χ4v) is 10.9. The zero-order valence-electron chi connectivity index (χ0n) is 19.6. The van der Waals surface area contributed by atoms with Crippen LogP contribution in [0.4, 0.5) is 0 Å². The zero-order valence-corrected chi connectivity index (χ0v) is 20.5. The van der Waals surface area contributed by atoms with Crippen molar-refractivity contribution in [2.75, 3.05) is 31.2 Å². The third kappa shape index (κ3) is 10.6. The fourth-order valence-electron chi connectivity index (χ4n) is 4.05. The molecule has 0 unspecified atom stereocenters.